The lowest BCUT2D eigenvalue weighted by Crippen LogP contribution is -2.32. The van der Waals surface area contributed by atoms with Crippen LogP contribution in [-0.4, -0.2) is 12.6 Å². The summed E-state index contributed by atoms with van der Waals surface area (Å²) in [5, 5.41) is 3.69. The number of hydrogen-bond donors (Lipinski definition) is 1. The number of nitrogens with one attached hydrogen (secondary N) is 1. The summed E-state index contributed by atoms with van der Waals surface area (Å²) >= 11 is 0. The SMILES string of the molecule is C=CCCCC(NCCC)C1CC1C. The third-order valence-corrected chi connectivity index (χ3v) is 3.27. The first-order chi connectivity index (χ1) is 6.79. The lowest BCUT2D eigenvalue weighted by Gasteiger charge is -2.17. The van der Waals surface area contributed by atoms with Crippen LogP contribution in [0.3, 0.4) is 0 Å². The van der Waals surface area contributed by atoms with Gasteiger partial charge in [-0.05, 0) is 50.5 Å². The molecule has 1 aliphatic rings. The Kier molecular flexibility index (Phi) is 5.24. The molecule has 1 N–H and O–H groups in total. The van der Waals surface area contributed by atoms with E-state index in [-0.39, 0.29) is 0 Å². The zero-order chi connectivity index (χ0) is 10.4. The largest absolute Gasteiger partial charge is 0.314 e. The van der Waals surface area contributed by atoms with Gasteiger partial charge in [-0.25, -0.2) is 0 Å². The second kappa shape index (κ2) is 6.23. The first-order valence-electron chi connectivity index (χ1n) is 6.13. The van der Waals surface area contributed by atoms with Crippen molar-refractivity contribution in [1.82, 2.24) is 5.32 Å². The molecule has 1 rings (SSSR count). The molecule has 0 aromatic rings. The highest BCUT2D eigenvalue weighted by molar-refractivity contribution is 4.92. The predicted octanol–water partition coefficient (Wildman–Crippen LogP) is 3.37. The highest BCUT2D eigenvalue weighted by atomic mass is 14.9. The Morgan fingerprint density at radius 2 is 2.29 bits per heavy atom. The van der Waals surface area contributed by atoms with E-state index >= 15 is 0 Å². The maximum absolute atomic E-state index is 3.77. The van der Waals surface area contributed by atoms with E-state index in [1.165, 1.54) is 38.6 Å². The van der Waals surface area contributed by atoms with Gasteiger partial charge in [0.25, 0.3) is 0 Å². The van der Waals surface area contributed by atoms with Crippen LogP contribution in [0, 0.1) is 11.8 Å². The first-order valence-corrected chi connectivity index (χ1v) is 6.13. The summed E-state index contributed by atoms with van der Waals surface area (Å²) in [4.78, 5) is 0. The van der Waals surface area contributed by atoms with Gasteiger partial charge in [-0.3, -0.25) is 0 Å². The Morgan fingerprint density at radius 1 is 1.57 bits per heavy atom. The standard InChI is InChI=1S/C13H25N/c1-4-6-7-8-13(14-9-5-2)12-10-11(12)3/h4,11-14H,1,5-10H2,2-3H3. The molecule has 1 heteroatoms. The number of hydrogen-bond acceptors (Lipinski definition) is 1. The van der Waals surface area contributed by atoms with E-state index in [1.54, 1.807) is 0 Å². The van der Waals surface area contributed by atoms with Crippen LogP contribution in [0.15, 0.2) is 12.7 Å². The van der Waals surface area contributed by atoms with Gasteiger partial charge in [-0.15, -0.1) is 6.58 Å². The highest BCUT2D eigenvalue weighted by Crippen LogP contribution is 2.41. The number of allylic oxidation sites excluding steroid dienone is 1. The zero-order valence-corrected chi connectivity index (χ0v) is 9.76. The van der Waals surface area contributed by atoms with E-state index < -0.39 is 0 Å². The first kappa shape index (κ1) is 11.8. The van der Waals surface area contributed by atoms with Crippen LogP contribution >= 0.6 is 0 Å². The molecule has 0 aliphatic heterocycles. The van der Waals surface area contributed by atoms with Crippen molar-refractivity contribution in [2.24, 2.45) is 11.8 Å². The highest BCUT2D eigenvalue weighted by Gasteiger charge is 2.38. The molecule has 0 amide bonds. The fourth-order valence-corrected chi connectivity index (χ4v) is 2.19. The van der Waals surface area contributed by atoms with Gasteiger partial charge < -0.3 is 5.32 Å². The lowest BCUT2D eigenvalue weighted by molar-refractivity contribution is 0.412. The lowest BCUT2D eigenvalue weighted by atomic mass is 10.0. The van der Waals surface area contributed by atoms with Crippen molar-refractivity contribution in [2.45, 2.75) is 52.0 Å². The second-order valence-electron chi connectivity index (χ2n) is 4.66. The summed E-state index contributed by atoms with van der Waals surface area (Å²) in [6, 6.07) is 0.782. The molecule has 0 heterocycles. The average molecular weight is 195 g/mol. The topological polar surface area (TPSA) is 12.0 Å². The minimum Gasteiger partial charge on any atom is -0.314 e. The molecule has 14 heavy (non-hydrogen) atoms. The third kappa shape index (κ3) is 3.83. The van der Waals surface area contributed by atoms with Gasteiger partial charge in [0.1, 0.15) is 0 Å². The van der Waals surface area contributed by atoms with Crippen LogP contribution in [0.2, 0.25) is 0 Å². The minimum absolute atomic E-state index is 0.782. The Morgan fingerprint density at radius 3 is 2.79 bits per heavy atom. The predicted molar refractivity (Wildman–Crippen MR) is 63.4 cm³/mol. The third-order valence-electron chi connectivity index (χ3n) is 3.27. The van der Waals surface area contributed by atoms with Gasteiger partial charge in [0.15, 0.2) is 0 Å². The van der Waals surface area contributed by atoms with Gasteiger partial charge in [-0.2, -0.15) is 0 Å². The van der Waals surface area contributed by atoms with Crippen molar-refractivity contribution < 1.29 is 0 Å². The van der Waals surface area contributed by atoms with Crippen LogP contribution in [-0.2, 0) is 0 Å². The summed E-state index contributed by atoms with van der Waals surface area (Å²) in [6.07, 6.45) is 8.53. The van der Waals surface area contributed by atoms with E-state index in [1.807, 2.05) is 6.08 Å². The average Bonchev–Trinajstić information content (AvgIpc) is 2.89. The van der Waals surface area contributed by atoms with Gasteiger partial charge >= 0.3 is 0 Å². The Balaban J connectivity index is 2.18. The zero-order valence-electron chi connectivity index (χ0n) is 9.76. The summed E-state index contributed by atoms with van der Waals surface area (Å²) < 4.78 is 0. The fourth-order valence-electron chi connectivity index (χ4n) is 2.19. The molecule has 0 spiro atoms. The molecule has 0 aromatic carbocycles. The smallest absolute Gasteiger partial charge is 0.00980 e. The van der Waals surface area contributed by atoms with Crippen molar-refractivity contribution in [3.63, 3.8) is 0 Å². The van der Waals surface area contributed by atoms with E-state index in [0.717, 1.165) is 17.9 Å². The van der Waals surface area contributed by atoms with Crippen LogP contribution in [0.25, 0.3) is 0 Å². The maximum Gasteiger partial charge on any atom is 0.00980 e. The van der Waals surface area contributed by atoms with Crippen molar-refractivity contribution in [2.75, 3.05) is 6.54 Å². The minimum atomic E-state index is 0.782. The van der Waals surface area contributed by atoms with Crippen LogP contribution < -0.4 is 5.32 Å². The maximum atomic E-state index is 3.77. The molecule has 0 saturated heterocycles. The Labute approximate surface area is 89.0 Å². The molecule has 1 aliphatic carbocycles. The molecular formula is C13H25N. The van der Waals surface area contributed by atoms with Crippen molar-refractivity contribution in [3.8, 4) is 0 Å². The van der Waals surface area contributed by atoms with Gasteiger partial charge in [0, 0.05) is 6.04 Å². The Hall–Kier alpha value is -0.300. The van der Waals surface area contributed by atoms with Crippen LogP contribution in [0.1, 0.15) is 46.0 Å². The summed E-state index contributed by atoms with van der Waals surface area (Å²) in [7, 11) is 0. The summed E-state index contributed by atoms with van der Waals surface area (Å²) in [5.74, 6) is 1.93. The molecule has 0 aromatic heterocycles. The van der Waals surface area contributed by atoms with Gasteiger partial charge in [0.2, 0.25) is 0 Å². The van der Waals surface area contributed by atoms with Crippen molar-refractivity contribution in [3.05, 3.63) is 12.7 Å². The van der Waals surface area contributed by atoms with E-state index in [0.29, 0.717) is 0 Å². The molecule has 3 atom stereocenters. The van der Waals surface area contributed by atoms with E-state index in [4.69, 9.17) is 0 Å². The molecule has 82 valence electrons. The number of rotatable bonds is 8. The molecular weight excluding hydrogens is 170 g/mol. The molecule has 0 radical (unpaired) electrons. The second-order valence-corrected chi connectivity index (χ2v) is 4.66. The summed E-state index contributed by atoms with van der Waals surface area (Å²) in [6.45, 7) is 9.57. The molecule has 1 saturated carbocycles. The van der Waals surface area contributed by atoms with Crippen molar-refractivity contribution >= 4 is 0 Å². The Bertz CT molecular complexity index is 165. The van der Waals surface area contributed by atoms with Crippen molar-refractivity contribution in [1.29, 1.82) is 0 Å². The molecule has 3 unspecified atom stereocenters. The van der Waals surface area contributed by atoms with Crippen LogP contribution in [0.4, 0.5) is 0 Å². The normalized spacial score (nSPS) is 27.3. The van der Waals surface area contributed by atoms with Crippen LogP contribution in [0.5, 0.6) is 0 Å². The number of unbranched alkanes of at least 4 members (excludes halogenated alkanes) is 1. The van der Waals surface area contributed by atoms with Gasteiger partial charge in [0.05, 0.1) is 0 Å². The molecule has 1 fully saturated rings. The summed E-state index contributed by atoms with van der Waals surface area (Å²) in [5.41, 5.74) is 0. The molecule has 1 nitrogen and oxygen atoms in total. The van der Waals surface area contributed by atoms with E-state index in [9.17, 15) is 0 Å². The fraction of sp³-hybridized carbons (Fsp3) is 0.846. The van der Waals surface area contributed by atoms with E-state index in [2.05, 4.69) is 25.7 Å². The quantitative estimate of drug-likeness (QED) is 0.462. The van der Waals surface area contributed by atoms with Gasteiger partial charge in [-0.1, -0.05) is 19.9 Å². The monoisotopic (exact) mass is 195 g/mol. The molecule has 0 bridgehead atoms.